The Morgan fingerprint density at radius 2 is 1.89 bits per heavy atom. The van der Waals surface area contributed by atoms with E-state index in [1.54, 1.807) is 0 Å². The van der Waals surface area contributed by atoms with E-state index < -0.39 is 0 Å². The second kappa shape index (κ2) is 9.76. The van der Waals surface area contributed by atoms with Gasteiger partial charge in [-0.25, -0.2) is 0 Å². The molecule has 0 bridgehead atoms. The fourth-order valence-corrected chi connectivity index (χ4v) is 2.49. The smallest absolute Gasteiger partial charge is 0.0600 e. The van der Waals surface area contributed by atoms with Gasteiger partial charge in [0.25, 0.3) is 0 Å². The summed E-state index contributed by atoms with van der Waals surface area (Å²) in [5, 5.41) is 3.38. The van der Waals surface area contributed by atoms with Crippen LogP contribution in [-0.4, -0.2) is 49.8 Å². The standard InChI is InChI=1S/C15H32N2O/c1-4-5-6-11-17(14(2)3)12-13-18-15-7-9-16-10-8-15/h14-16H,4-13H2,1-3H3. The SMILES string of the molecule is CCCCCN(CCOC1CCNCC1)C(C)C. The van der Waals surface area contributed by atoms with E-state index in [9.17, 15) is 0 Å². The molecule has 0 radical (unpaired) electrons. The topological polar surface area (TPSA) is 24.5 Å². The molecule has 1 aliphatic heterocycles. The Balaban J connectivity index is 2.11. The first-order valence-electron chi connectivity index (χ1n) is 7.80. The van der Waals surface area contributed by atoms with Gasteiger partial charge in [-0.1, -0.05) is 19.8 Å². The molecule has 1 N–H and O–H groups in total. The average molecular weight is 256 g/mol. The van der Waals surface area contributed by atoms with E-state index in [4.69, 9.17) is 4.74 Å². The van der Waals surface area contributed by atoms with Gasteiger partial charge in [0.2, 0.25) is 0 Å². The normalized spacial score (nSPS) is 17.8. The van der Waals surface area contributed by atoms with Crippen LogP contribution in [0.2, 0.25) is 0 Å². The van der Waals surface area contributed by atoms with E-state index in [-0.39, 0.29) is 0 Å². The van der Waals surface area contributed by atoms with Crippen molar-refractivity contribution in [2.24, 2.45) is 0 Å². The molecular formula is C15H32N2O. The Morgan fingerprint density at radius 3 is 2.50 bits per heavy atom. The second-order valence-corrected chi connectivity index (χ2v) is 5.66. The number of nitrogens with one attached hydrogen (secondary N) is 1. The molecule has 0 aromatic rings. The monoisotopic (exact) mass is 256 g/mol. The molecule has 0 aromatic carbocycles. The zero-order valence-electron chi connectivity index (χ0n) is 12.6. The second-order valence-electron chi connectivity index (χ2n) is 5.66. The number of hydrogen-bond donors (Lipinski definition) is 1. The van der Waals surface area contributed by atoms with E-state index in [0.29, 0.717) is 12.1 Å². The third-order valence-electron chi connectivity index (χ3n) is 3.80. The highest BCUT2D eigenvalue weighted by Gasteiger charge is 2.14. The Labute approximate surface area is 113 Å². The van der Waals surface area contributed by atoms with E-state index in [0.717, 1.165) is 26.2 Å². The molecule has 1 heterocycles. The quantitative estimate of drug-likeness (QED) is 0.642. The van der Waals surface area contributed by atoms with Crippen LogP contribution in [0.15, 0.2) is 0 Å². The number of piperidine rings is 1. The van der Waals surface area contributed by atoms with Crippen molar-refractivity contribution >= 4 is 0 Å². The van der Waals surface area contributed by atoms with E-state index in [1.165, 1.54) is 38.6 Å². The fraction of sp³-hybridized carbons (Fsp3) is 1.00. The van der Waals surface area contributed by atoms with Crippen molar-refractivity contribution in [3.8, 4) is 0 Å². The summed E-state index contributed by atoms with van der Waals surface area (Å²) in [6.45, 7) is 12.3. The lowest BCUT2D eigenvalue weighted by Crippen LogP contribution is -2.37. The minimum absolute atomic E-state index is 0.496. The number of ether oxygens (including phenoxy) is 1. The van der Waals surface area contributed by atoms with Gasteiger partial charge in [-0.15, -0.1) is 0 Å². The maximum atomic E-state index is 5.99. The first-order valence-corrected chi connectivity index (χ1v) is 7.80. The molecule has 1 rings (SSSR count). The molecule has 1 aliphatic rings. The van der Waals surface area contributed by atoms with Crippen molar-refractivity contribution in [1.29, 1.82) is 0 Å². The molecule has 0 unspecified atom stereocenters. The van der Waals surface area contributed by atoms with Gasteiger partial charge in [-0.2, -0.15) is 0 Å². The summed E-state index contributed by atoms with van der Waals surface area (Å²) in [5.41, 5.74) is 0. The largest absolute Gasteiger partial charge is 0.377 e. The first-order chi connectivity index (χ1) is 8.74. The molecule has 0 aromatic heterocycles. The maximum absolute atomic E-state index is 5.99. The molecule has 1 fully saturated rings. The van der Waals surface area contributed by atoms with Crippen LogP contribution in [0.3, 0.4) is 0 Å². The molecule has 3 nitrogen and oxygen atoms in total. The van der Waals surface area contributed by atoms with Crippen molar-refractivity contribution in [2.45, 2.75) is 65.0 Å². The summed E-state index contributed by atoms with van der Waals surface area (Å²) in [4.78, 5) is 2.55. The summed E-state index contributed by atoms with van der Waals surface area (Å²) < 4.78 is 5.99. The summed E-state index contributed by atoms with van der Waals surface area (Å²) in [6.07, 6.45) is 6.82. The van der Waals surface area contributed by atoms with Gasteiger partial charge in [0.15, 0.2) is 0 Å². The highest BCUT2D eigenvalue weighted by molar-refractivity contribution is 4.69. The Bertz CT molecular complexity index is 191. The zero-order valence-corrected chi connectivity index (χ0v) is 12.6. The van der Waals surface area contributed by atoms with Crippen LogP contribution in [0.5, 0.6) is 0 Å². The lowest BCUT2D eigenvalue weighted by atomic mass is 10.1. The zero-order chi connectivity index (χ0) is 13.2. The molecule has 1 saturated heterocycles. The van der Waals surface area contributed by atoms with E-state index >= 15 is 0 Å². The summed E-state index contributed by atoms with van der Waals surface area (Å²) in [7, 11) is 0. The van der Waals surface area contributed by atoms with Crippen molar-refractivity contribution in [1.82, 2.24) is 10.2 Å². The highest BCUT2D eigenvalue weighted by Crippen LogP contribution is 2.08. The Kier molecular flexibility index (Phi) is 8.64. The summed E-state index contributed by atoms with van der Waals surface area (Å²) in [6, 6.07) is 0.637. The summed E-state index contributed by atoms with van der Waals surface area (Å²) >= 11 is 0. The van der Waals surface area contributed by atoms with Crippen LogP contribution in [0.25, 0.3) is 0 Å². The fourth-order valence-electron chi connectivity index (χ4n) is 2.49. The van der Waals surface area contributed by atoms with Crippen LogP contribution in [0, 0.1) is 0 Å². The third kappa shape index (κ3) is 6.72. The molecule has 0 spiro atoms. The van der Waals surface area contributed by atoms with Gasteiger partial charge in [0.1, 0.15) is 0 Å². The predicted molar refractivity (Wildman–Crippen MR) is 78.1 cm³/mol. The van der Waals surface area contributed by atoms with Crippen molar-refractivity contribution in [3.63, 3.8) is 0 Å². The van der Waals surface area contributed by atoms with Gasteiger partial charge >= 0.3 is 0 Å². The van der Waals surface area contributed by atoms with Crippen LogP contribution in [0.4, 0.5) is 0 Å². The van der Waals surface area contributed by atoms with Gasteiger partial charge in [-0.3, -0.25) is 4.90 Å². The van der Waals surface area contributed by atoms with E-state index in [1.807, 2.05) is 0 Å². The van der Waals surface area contributed by atoms with Crippen molar-refractivity contribution < 1.29 is 4.74 Å². The van der Waals surface area contributed by atoms with Gasteiger partial charge in [0.05, 0.1) is 12.7 Å². The van der Waals surface area contributed by atoms with Crippen LogP contribution in [0.1, 0.15) is 52.9 Å². The molecule has 18 heavy (non-hydrogen) atoms. The van der Waals surface area contributed by atoms with Crippen LogP contribution >= 0.6 is 0 Å². The molecule has 0 atom stereocenters. The van der Waals surface area contributed by atoms with Gasteiger partial charge < -0.3 is 10.1 Å². The molecule has 0 aliphatic carbocycles. The summed E-state index contributed by atoms with van der Waals surface area (Å²) in [5.74, 6) is 0. The number of rotatable bonds is 9. The first kappa shape index (κ1) is 15.9. The predicted octanol–water partition coefficient (Wildman–Crippen LogP) is 2.66. The number of nitrogens with zero attached hydrogens (tertiary/aromatic N) is 1. The van der Waals surface area contributed by atoms with Crippen molar-refractivity contribution in [3.05, 3.63) is 0 Å². The molecule has 108 valence electrons. The third-order valence-corrected chi connectivity index (χ3v) is 3.80. The lowest BCUT2D eigenvalue weighted by Gasteiger charge is -2.28. The van der Waals surface area contributed by atoms with Crippen molar-refractivity contribution in [2.75, 3.05) is 32.8 Å². The molecular weight excluding hydrogens is 224 g/mol. The number of hydrogen-bond acceptors (Lipinski definition) is 3. The average Bonchev–Trinajstić information content (AvgIpc) is 2.38. The van der Waals surface area contributed by atoms with Gasteiger partial charge in [0, 0.05) is 12.6 Å². The van der Waals surface area contributed by atoms with Crippen LogP contribution < -0.4 is 5.32 Å². The van der Waals surface area contributed by atoms with Gasteiger partial charge in [-0.05, 0) is 52.7 Å². The minimum atomic E-state index is 0.496. The molecule has 3 heteroatoms. The molecule has 0 saturated carbocycles. The Morgan fingerprint density at radius 1 is 1.17 bits per heavy atom. The molecule has 0 amide bonds. The Hall–Kier alpha value is -0.120. The lowest BCUT2D eigenvalue weighted by molar-refractivity contribution is 0.0157. The maximum Gasteiger partial charge on any atom is 0.0600 e. The number of unbranched alkanes of at least 4 members (excludes halogenated alkanes) is 2. The van der Waals surface area contributed by atoms with E-state index in [2.05, 4.69) is 31.0 Å². The highest BCUT2D eigenvalue weighted by atomic mass is 16.5. The minimum Gasteiger partial charge on any atom is -0.377 e. The van der Waals surface area contributed by atoms with Crippen LogP contribution in [-0.2, 0) is 4.74 Å².